The second kappa shape index (κ2) is 7.41. The smallest absolute Gasteiger partial charge is 0.249 e. The Labute approximate surface area is 155 Å². The van der Waals surface area contributed by atoms with Gasteiger partial charge in [0.25, 0.3) is 0 Å². The first kappa shape index (κ1) is 18.9. The van der Waals surface area contributed by atoms with Crippen molar-refractivity contribution in [3.63, 3.8) is 0 Å². The van der Waals surface area contributed by atoms with Crippen LogP contribution in [0.1, 0.15) is 42.6 Å². The third-order valence-electron chi connectivity index (χ3n) is 4.20. The number of aryl methyl sites for hydroxylation is 3. The molecule has 3 rings (SSSR count). The first-order chi connectivity index (χ1) is 12.3. The molecule has 0 bridgehead atoms. The van der Waals surface area contributed by atoms with E-state index in [0.717, 1.165) is 17.8 Å². The zero-order valence-electron chi connectivity index (χ0n) is 14.9. The Morgan fingerprint density at radius 2 is 2.15 bits per heavy atom. The molecule has 0 aromatic carbocycles. The van der Waals surface area contributed by atoms with E-state index in [0.29, 0.717) is 23.7 Å². The van der Waals surface area contributed by atoms with Crippen LogP contribution in [0.5, 0.6) is 0 Å². The van der Waals surface area contributed by atoms with Gasteiger partial charge in [-0.25, -0.2) is 8.42 Å². The normalized spacial score (nSPS) is 18.3. The Morgan fingerprint density at radius 1 is 1.38 bits per heavy atom. The molecule has 0 radical (unpaired) electrons. The summed E-state index contributed by atoms with van der Waals surface area (Å²) in [5.41, 5.74) is 0.293. The highest BCUT2D eigenvalue weighted by atomic mass is 32.2. The molecule has 1 saturated heterocycles. The van der Waals surface area contributed by atoms with E-state index in [4.69, 9.17) is 4.52 Å². The predicted octanol–water partition coefficient (Wildman–Crippen LogP) is 1.89. The minimum absolute atomic E-state index is 0.0401. The molecule has 142 valence electrons. The number of aromatic nitrogens is 3. The highest BCUT2D eigenvalue weighted by Crippen LogP contribution is 2.30. The van der Waals surface area contributed by atoms with Crippen LogP contribution in [0, 0.1) is 13.8 Å². The fraction of sp³-hybridized carbons (Fsp3) is 0.600. The molecule has 2 aromatic heterocycles. The topological polar surface area (TPSA) is 118 Å². The quantitative estimate of drug-likeness (QED) is 0.788. The number of rotatable bonds is 6. The van der Waals surface area contributed by atoms with E-state index in [1.165, 1.54) is 15.6 Å². The van der Waals surface area contributed by atoms with E-state index in [1.54, 1.807) is 13.8 Å². The predicted molar refractivity (Wildman–Crippen MR) is 95.4 cm³/mol. The van der Waals surface area contributed by atoms with E-state index >= 15 is 0 Å². The third kappa shape index (κ3) is 3.51. The lowest BCUT2D eigenvalue weighted by atomic mass is 10.2. The summed E-state index contributed by atoms with van der Waals surface area (Å²) >= 11 is 1.31. The van der Waals surface area contributed by atoms with E-state index in [2.05, 4.69) is 20.7 Å². The van der Waals surface area contributed by atoms with Gasteiger partial charge in [0, 0.05) is 13.0 Å². The Morgan fingerprint density at radius 3 is 2.81 bits per heavy atom. The van der Waals surface area contributed by atoms with Crippen molar-refractivity contribution in [1.82, 2.24) is 19.7 Å². The maximum absolute atomic E-state index is 13.0. The van der Waals surface area contributed by atoms with Crippen LogP contribution in [-0.2, 0) is 21.2 Å². The van der Waals surface area contributed by atoms with E-state index in [9.17, 15) is 13.2 Å². The van der Waals surface area contributed by atoms with Crippen molar-refractivity contribution in [1.29, 1.82) is 0 Å². The number of hydrogen-bond acceptors (Lipinski definition) is 8. The second-order valence-electron chi connectivity index (χ2n) is 6.17. The summed E-state index contributed by atoms with van der Waals surface area (Å²) in [6.45, 7) is 5.44. The third-order valence-corrected chi connectivity index (χ3v) is 7.25. The van der Waals surface area contributed by atoms with Gasteiger partial charge in [0.15, 0.2) is 5.76 Å². The number of sulfonamides is 1. The molecule has 1 N–H and O–H groups in total. The first-order valence-electron chi connectivity index (χ1n) is 8.42. The number of carbonyl (C=O) groups is 1. The number of nitrogens with zero attached hydrogens (tertiary/aromatic N) is 4. The molecule has 1 aliphatic rings. The van der Waals surface area contributed by atoms with Gasteiger partial charge in [0.05, 0.1) is 0 Å². The summed E-state index contributed by atoms with van der Waals surface area (Å²) in [6.07, 6.45) is 2.80. The lowest BCUT2D eigenvalue weighted by Gasteiger charge is -2.22. The fourth-order valence-electron chi connectivity index (χ4n) is 3.06. The summed E-state index contributed by atoms with van der Waals surface area (Å²) in [5, 5.41) is 15.6. The minimum atomic E-state index is -3.86. The standard InChI is InChI=1S/C15H21N5O4S2/c1-4-6-12-17-18-15(25-12)16-14(21)11-7-5-8-20(11)26(22,23)13-9(2)19-24-10(13)3/h11H,4-8H2,1-3H3,(H,16,18,21)/t11-/m0/s1. The second-order valence-corrected chi connectivity index (χ2v) is 9.06. The molecule has 3 heterocycles. The number of carbonyl (C=O) groups excluding carboxylic acids is 1. The molecule has 26 heavy (non-hydrogen) atoms. The van der Waals surface area contributed by atoms with Crippen LogP contribution in [0.25, 0.3) is 0 Å². The van der Waals surface area contributed by atoms with Gasteiger partial charge < -0.3 is 4.52 Å². The van der Waals surface area contributed by atoms with Gasteiger partial charge in [-0.2, -0.15) is 4.31 Å². The van der Waals surface area contributed by atoms with Crippen LogP contribution >= 0.6 is 11.3 Å². The molecule has 0 saturated carbocycles. The summed E-state index contributed by atoms with van der Waals surface area (Å²) in [6, 6.07) is -0.785. The molecule has 0 aliphatic carbocycles. The molecular weight excluding hydrogens is 378 g/mol. The van der Waals surface area contributed by atoms with Crippen molar-refractivity contribution in [2.24, 2.45) is 0 Å². The fourth-order valence-corrected chi connectivity index (χ4v) is 5.85. The Bertz CT molecular complexity index is 886. The molecule has 1 fully saturated rings. The lowest BCUT2D eigenvalue weighted by molar-refractivity contribution is -0.119. The Balaban J connectivity index is 1.80. The number of nitrogens with one attached hydrogen (secondary N) is 1. The van der Waals surface area contributed by atoms with Gasteiger partial charge in [-0.15, -0.1) is 10.2 Å². The van der Waals surface area contributed by atoms with Crippen LogP contribution in [0.15, 0.2) is 9.42 Å². The van der Waals surface area contributed by atoms with Gasteiger partial charge in [0.2, 0.25) is 21.1 Å². The van der Waals surface area contributed by atoms with Crippen LogP contribution in [0.2, 0.25) is 0 Å². The first-order valence-corrected chi connectivity index (χ1v) is 10.7. The average Bonchev–Trinajstić information content (AvgIpc) is 3.28. The molecule has 1 aliphatic heterocycles. The zero-order valence-corrected chi connectivity index (χ0v) is 16.5. The van der Waals surface area contributed by atoms with E-state index in [-0.39, 0.29) is 17.2 Å². The zero-order chi connectivity index (χ0) is 18.9. The van der Waals surface area contributed by atoms with E-state index < -0.39 is 22.0 Å². The van der Waals surface area contributed by atoms with Crippen LogP contribution in [0.3, 0.4) is 0 Å². The Hall–Kier alpha value is -1.85. The van der Waals surface area contributed by atoms with Gasteiger partial charge in [0.1, 0.15) is 21.6 Å². The maximum Gasteiger partial charge on any atom is 0.249 e. The van der Waals surface area contributed by atoms with Crippen LogP contribution in [0.4, 0.5) is 5.13 Å². The molecule has 2 aromatic rings. The van der Waals surface area contributed by atoms with Gasteiger partial charge in [-0.05, 0) is 33.1 Å². The highest BCUT2D eigenvalue weighted by Gasteiger charge is 2.42. The SMILES string of the molecule is CCCc1nnc(NC(=O)[C@@H]2CCCN2S(=O)(=O)c2c(C)noc2C)s1. The summed E-state index contributed by atoms with van der Waals surface area (Å²) in [4.78, 5) is 12.7. The number of anilines is 1. The van der Waals surface area contributed by atoms with Crippen molar-refractivity contribution in [2.45, 2.75) is 57.4 Å². The largest absolute Gasteiger partial charge is 0.360 e. The van der Waals surface area contributed by atoms with Gasteiger partial charge in [-0.1, -0.05) is 23.4 Å². The molecular formula is C15H21N5O4S2. The summed E-state index contributed by atoms with van der Waals surface area (Å²) in [5.74, 6) is -0.168. The van der Waals surface area contributed by atoms with Gasteiger partial charge in [-0.3, -0.25) is 10.1 Å². The average molecular weight is 399 g/mol. The van der Waals surface area contributed by atoms with Crippen LogP contribution < -0.4 is 5.32 Å². The number of amides is 1. The Kier molecular flexibility index (Phi) is 5.39. The van der Waals surface area contributed by atoms with Crippen LogP contribution in [-0.4, -0.2) is 46.6 Å². The van der Waals surface area contributed by atoms with Crippen molar-refractivity contribution >= 4 is 32.4 Å². The summed E-state index contributed by atoms with van der Waals surface area (Å²) in [7, 11) is -3.86. The molecule has 9 nitrogen and oxygen atoms in total. The van der Waals surface area contributed by atoms with Crippen molar-refractivity contribution in [3.8, 4) is 0 Å². The van der Waals surface area contributed by atoms with Gasteiger partial charge >= 0.3 is 0 Å². The molecule has 11 heteroatoms. The minimum Gasteiger partial charge on any atom is -0.360 e. The monoisotopic (exact) mass is 399 g/mol. The lowest BCUT2D eigenvalue weighted by Crippen LogP contribution is -2.43. The van der Waals surface area contributed by atoms with Crippen molar-refractivity contribution < 1.29 is 17.7 Å². The van der Waals surface area contributed by atoms with Crippen molar-refractivity contribution in [3.05, 3.63) is 16.5 Å². The molecule has 0 spiro atoms. The van der Waals surface area contributed by atoms with Crippen molar-refractivity contribution in [2.75, 3.05) is 11.9 Å². The van der Waals surface area contributed by atoms with E-state index in [1.807, 2.05) is 6.92 Å². The summed E-state index contributed by atoms with van der Waals surface area (Å²) < 4.78 is 32.2. The highest BCUT2D eigenvalue weighted by molar-refractivity contribution is 7.89. The maximum atomic E-state index is 13.0. The molecule has 0 unspecified atom stereocenters. The molecule has 1 amide bonds. The number of hydrogen-bond donors (Lipinski definition) is 1. The molecule has 1 atom stereocenters.